The zero-order valence-electron chi connectivity index (χ0n) is 22.7. The van der Waals surface area contributed by atoms with Gasteiger partial charge in [-0.05, 0) is 73.5 Å². The molecule has 0 aliphatic carbocycles. The van der Waals surface area contributed by atoms with E-state index in [9.17, 15) is 21.6 Å². The highest BCUT2D eigenvalue weighted by Gasteiger charge is 2.27. The van der Waals surface area contributed by atoms with Gasteiger partial charge < -0.3 is 14.8 Å². The molecule has 40 heavy (non-hydrogen) atoms. The molecule has 1 aliphatic heterocycles. The zero-order valence-corrected chi connectivity index (χ0v) is 24.3. The lowest BCUT2D eigenvalue weighted by atomic mass is 10.2. The zero-order chi connectivity index (χ0) is 28.9. The molecule has 214 valence electrons. The van der Waals surface area contributed by atoms with E-state index in [0.29, 0.717) is 24.5 Å². The summed E-state index contributed by atoms with van der Waals surface area (Å²) in [7, 11) is -3.40. The molecule has 0 radical (unpaired) electrons. The second-order valence-electron chi connectivity index (χ2n) is 9.33. The van der Waals surface area contributed by atoms with Gasteiger partial charge in [0.25, 0.3) is 15.9 Å². The predicted molar refractivity (Wildman–Crippen MR) is 153 cm³/mol. The van der Waals surface area contributed by atoms with E-state index in [4.69, 9.17) is 9.47 Å². The van der Waals surface area contributed by atoms with Gasteiger partial charge in [-0.2, -0.15) is 4.31 Å². The fourth-order valence-corrected chi connectivity index (χ4v) is 7.24. The van der Waals surface area contributed by atoms with Gasteiger partial charge in [0, 0.05) is 25.7 Å². The number of carbonyl (C=O) groups excluding carboxylic acids is 1. The summed E-state index contributed by atoms with van der Waals surface area (Å²) in [5.74, 6) is 0.241. The minimum absolute atomic E-state index is 0.0444. The number of nitrogens with one attached hydrogen (secondary N) is 1. The number of hydrogen-bond donors (Lipinski definition) is 1. The van der Waals surface area contributed by atoms with Gasteiger partial charge >= 0.3 is 0 Å². The van der Waals surface area contributed by atoms with Crippen LogP contribution in [0.15, 0.2) is 76.5 Å². The highest BCUT2D eigenvalue weighted by molar-refractivity contribution is 7.92. The number of amides is 1. The number of carbonyl (C=O) groups is 1. The van der Waals surface area contributed by atoms with Crippen molar-refractivity contribution in [3.05, 3.63) is 72.3 Å². The average molecular weight is 588 g/mol. The molecule has 1 N–H and O–H groups in total. The minimum atomic E-state index is -3.99. The predicted octanol–water partition coefficient (Wildman–Crippen LogP) is 4.35. The Balaban J connectivity index is 1.59. The molecule has 12 heteroatoms. The molecule has 1 heterocycles. The molecule has 3 aromatic carbocycles. The third-order valence-corrected chi connectivity index (χ3v) is 10.5. The van der Waals surface area contributed by atoms with Crippen molar-refractivity contribution in [2.75, 3.05) is 44.0 Å². The number of methoxy groups -OCH3 is 2. The first-order chi connectivity index (χ1) is 19.1. The molecule has 3 aromatic rings. The average Bonchev–Trinajstić information content (AvgIpc) is 3.27. The maximum Gasteiger partial charge on any atom is 0.264 e. The van der Waals surface area contributed by atoms with Crippen LogP contribution in [0.2, 0.25) is 0 Å². The van der Waals surface area contributed by atoms with Crippen LogP contribution < -0.4 is 19.1 Å². The van der Waals surface area contributed by atoms with Crippen LogP contribution in [0.3, 0.4) is 0 Å². The van der Waals surface area contributed by atoms with Gasteiger partial charge in [0.1, 0.15) is 11.5 Å². The molecular formula is C28H33N3O7S2. The highest BCUT2D eigenvalue weighted by Crippen LogP contribution is 2.31. The van der Waals surface area contributed by atoms with Gasteiger partial charge in [-0.15, -0.1) is 0 Å². The van der Waals surface area contributed by atoms with E-state index in [1.807, 2.05) is 0 Å². The number of rotatable bonds is 9. The Morgan fingerprint density at radius 2 is 1.50 bits per heavy atom. The van der Waals surface area contributed by atoms with E-state index in [0.717, 1.165) is 30.0 Å². The molecular weight excluding hydrogens is 554 g/mol. The number of sulfonamides is 2. The van der Waals surface area contributed by atoms with E-state index in [2.05, 4.69) is 5.32 Å². The standard InChI is InChI=1S/C28H33N3O7S2/c1-30(22-11-13-23(37-2)14-12-22)39(33,34)24-10-8-9-21(19-24)28(32)29-26-20-25(15-16-27(26)38-3)40(35,36)31-17-6-4-5-7-18-31/h8-16,19-20H,4-7,17-18H2,1-3H3,(H,29,32). The maximum atomic E-state index is 13.3. The molecule has 1 amide bonds. The summed E-state index contributed by atoms with van der Waals surface area (Å²) in [4.78, 5) is 13.2. The van der Waals surface area contributed by atoms with Crippen molar-refractivity contribution in [2.24, 2.45) is 0 Å². The lowest BCUT2D eigenvalue weighted by Gasteiger charge is -2.21. The number of anilines is 2. The Morgan fingerprint density at radius 1 is 0.825 bits per heavy atom. The van der Waals surface area contributed by atoms with Crippen LogP contribution in [-0.2, 0) is 20.0 Å². The molecule has 1 aliphatic rings. The van der Waals surface area contributed by atoms with Gasteiger partial charge in [0.15, 0.2) is 0 Å². The largest absolute Gasteiger partial charge is 0.497 e. The molecule has 10 nitrogen and oxygen atoms in total. The van der Waals surface area contributed by atoms with Crippen molar-refractivity contribution in [1.29, 1.82) is 0 Å². The minimum Gasteiger partial charge on any atom is -0.497 e. The Kier molecular flexibility index (Phi) is 9.02. The van der Waals surface area contributed by atoms with Crippen molar-refractivity contribution in [1.82, 2.24) is 4.31 Å². The quantitative estimate of drug-likeness (QED) is 0.395. The van der Waals surface area contributed by atoms with E-state index in [1.54, 1.807) is 24.3 Å². The molecule has 1 fully saturated rings. The summed E-state index contributed by atoms with van der Waals surface area (Å²) >= 11 is 0. The van der Waals surface area contributed by atoms with Crippen LogP contribution >= 0.6 is 0 Å². The van der Waals surface area contributed by atoms with Gasteiger partial charge in [-0.25, -0.2) is 16.8 Å². The van der Waals surface area contributed by atoms with Gasteiger partial charge in [0.05, 0.1) is 35.4 Å². The molecule has 0 bridgehead atoms. The molecule has 4 rings (SSSR count). The Morgan fingerprint density at radius 3 is 2.12 bits per heavy atom. The van der Waals surface area contributed by atoms with E-state index < -0.39 is 26.0 Å². The molecule has 0 spiro atoms. The summed E-state index contributed by atoms with van der Waals surface area (Å²) in [5.41, 5.74) is 0.655. The monoisotopic (exact) mass is 587 g/mol. The van der Waals surface area contributed by atoms with E-state index in [-0.39, 0.29) is 26.8 Å². The highest BCUT2D eigenvalue weighted by atomic mass is 32.2. The van der Waals surface area contributed by atoms with E-state index in [1.165, 1.54) is 68.0 Å². The van der Waals surface area contributed by atoms with Crippen LogP contribution in [-0.4, -0.2) is 61.4 Å². The number of ether oxygens (including phenoxy) is 2. The Hall–Kier alpha value is -3.61. The summed E-state index contributed by atoms with van der Waals surface area (Å²) in [6, 6.07) is 16.5. The SMILES string of the molecule is COc1ccc(N(C)S(=O)(=O)c2cccc(C(=O)Nc3cc(S(=O)(=O)N4CCCCCC4)ccc3OC)c2)cc1. The number of nitrogens with zero attached hydrogens (tertiary/aromatic N) is 2. The molecule has 0 unspecified atom stereocenters. The Bertz CT molecular complexity index is 1570. The first-order valence-electron chi connectivity index (χ1n) is 12.8. The Labute approximate surface area is 235 Å². The second kappa shape index (κ2) is 12.3. The number of benzene rings is 3. The number of hydrogen-bond acceptors (Lipinski definition) is 7. The van der Waals surface area contributed by atoms with Crippen LogP contribution in [0.5, 0.6) is 11.5 Å². The van der Waals surface area contributed by atoms with Crippen LogP contribution in [0.25, 0.3) is 0 Å². The molecule has 1 saturated heterocycles. The van der Waals surface area contributed by atoms with Crippen LogP contribution in [0.4, 0.5) is 11.4 Å². The fourth-order valence-electron chi connectivity index (χ4n) is 4.46. The van der Waals surface area contributed by atoms with Crippen molar-refractivity contribution in [3.63, 3.8) is 0 Å². The fraction of sp³-hybridized carbons (Fsp3) is 0.321. The van der Waals surface area contributed by atoms with Crippen LogP contribution in [0, 0.1) is 0 Å². The van der Waals surface area contributed by atoms with Crippen LogP contribution in [0.1, 0.15) is 36.0 Å². The second-order valence-corrected chi connectivity index (χ2v) is 13.2. The van der Waals surface area contributed by atoms with Crippen molar-refractivity contribution >= 4 is 37.3 Å². The normalized spacial score (nSPS) is 14.7. The summed E-state index contributed by atoms with van der Waals surface area (Å²) in [5, 5.41) is 2.69. The third kappa shape index (κ3) is 6.24. The van der Waals surface area contributed by atoms with Crippen molar-refractivity contribution in [3.8, 4) is 11.5 Å². The molecule has 0 aromatic heterocycles. The first kappa shape index (κ1) is 29.4. The third-order valence-electron chi connectivity index (χ3n) is 6.81. The lowest BCUT2D eigenvalue weighted by Crippen LogP contribution is -2.32. The van der Waals surface area contributed by atoms with Crippen molar-refractivity contribution in [2.45, 2.75) is 35.5 Å². The molecule has 0 saturated carbocycles. The lowest BCUT2D eigenvalue weighted by molar-refractivity contribution is 0.102. The first-order valence-corrected chi connectivity index (χ1v) is 15.7. The van der Waals surface area contributed by atoms with Gasteiger partial charge in [0.2, 0.25) is 10.0 Å². The summed E-state index contributed by atoms with van der Waals surface area (Å²) < 4.78 is 66.3. The van der Waals surface area contributed by atoms with E-state index >= 15 is 0 Å². The van der Waals surface area contributed by atoms with Crippen molar-refractivity contribution < 1.29 is 31.1 Å². The summed E-state index contributed by atoms with van der Waals surface area (Å²) in [6.07, 6.45) is 3.57. The van der Waals surface area contributed by atoms with Gasteiger partial charge in [-0.1, -0.05) is 18.9 Å². The molecule has 0 atom stereocenters. The summed E-state index contributed by atoms with van der Waals surface area (Å²) in [6.45, 7) is 0.893. The smallest absolute Gasteiger partial charge is 0.264 e. The van der Waals surface area contributed by atoms with Gasteiger partial charge in [-0.3, -0.25) is 9.10 Å². The topological polar surface area (TPSA) is 122 Å². The maximum absolute atomic E-state index is 13.3.